The highest BCUT2D eigenvalue weighted by atomic mass is 16.5. The molecule has 0 aliphatic rings. The van der Waals surface area contributed by atoms with Gasteiger partial charge in [-0.2, -0.15) is 0 Å². The highest BCUT2D eigenvalue weighted by molar-refractivity contribution is 5.60. The Balaban J connectivity index is 2.49. The van der Waals surface area contributed by atoms with Gasteiger partial charge >= 0.3 is 0 Å². The lowest BCUT2D eigenvalue weighted by Crippen LogP contribution is -2.27. The maximum absolute atomic E-state index is 11.0. The lowest BCUT2D eigenvalue weighted by molar-refractivity contribution is 0.181. The van der Waals surface area contributed by atoms with E-state index in [2.05, 4.69) is 0 Å². The van der Waals surface area contributed by atoms with Crippen LogP contribution in [-0.2, 0) is 53.8 Å². The topological polar surface area (TPSA) is 140 Å². The number of phenolic OH excluding ortho intramolecular Hbond substituents is 3. The van der Waals surface area contributed by atoms with Gasteiger partial charge in [-0.3, -0.25) is 0 Å². The fourth-order valence-corrected chi connectivity index (χ4v) is 5.38. The largest absolute Gasteiger partial charge is 0.507 e. The van der Waals surface area contributed by atoms with E-state index in [1.54, 1.807) is 14.2 Å². The highest BCUT2D eigenvalue weighted by Crippen LogP contribution is 2.45. The first-order valence-electron chi connectivity index (χ1n) is 13.6. The molecule has 0 spiro atoms. The number of aliphatic hydroxyl groups is 3. The van der Waals surface area contributed by atoms with Crippen LogP contribution in [0.3, 0.4) is 0 Å². The molecule has 8 heteroatoms. The zero-order valence-electron chi connectivity index (χ0n) is 23.8. The smallest absolute Gasteiger partial charge is 0.124 e. The van der Waals surface area contributed by atoms with Crippen molar-refractivity contribution in [3.8, 4) is 17.2 Å². The van der Waals surface area contributed by atoms with Crippen molar-refractivity contribution in [1.82, 2.24) is 0 Å². The first-order valence-corrected chi connectivity index (χ1v) is 13.6. The molecule has 0 fully saturated rings. The number of benzene rings is 3. The predicted octanol–water partition coefficient (Wildman–Crippen LogP) is 3.62. The van der Waals surface area contributed by atoms with Crippen molar-refractivity contribution in [1.29, 1.82) is 0 Å². The van der Waals surface area contributed by atoms with Gasteiger partial charge in [0.2, 0.25) is 0 Å². The van der Waals surface area contributed by atoms with Crippen molar-refractivity contribution < 1.29 is 40.1 Å². The van der Waals surface area contributed by atoms with Crippen LogP contribution in [0, 0.1) is 0 Å². The maximum Gasteiger partial charge on any atom is 0.124 e. The van der Waals surface area contributed by atoms with Gasteiger partial charge in [0.05, 0.1) is 13.2 Å². The van der Waals surface area contributed by atoms with Gasteiger partial charge in [-0.05, 0) is 83.7 Å². The van der Waals surface area contributed by atoms with Crippen LogP contribution < -0.4 is 0 Å². The van der Waals surface area contributed by atoms with Crippen molar-refractivity contribution in [2.24, 2.45) is 0 Å². The molecule has 0 aromatic heterocycles. The zero-order valence-corrected chi connectivity index (χ0v) is 23.8. The minimum Gasteiger partial charge on any atom is -0.507 e. The second-order valence-corrected chi connectivity index (χ2v) is 10.2. The molecule has 0 saturated heterocycles. The number of rotatable bonds is 14. The number of hydrogen-bond donors (Lipinski definition) is 6. The third-order valence-corrected chi connectivity index (χ3v) is 7.66. The molecule has 0 heterocycles. The van der Waals surface area contributed by atoms with Crippen molar-refractivity contribution in [2.75, 3.05) is 34.0 Å². The van der Waals surface area contributed by atoms with Gasteiger partial charge in [0.25, 0.3) is 0 Å². The summed E-state index contributed by atoms with van der Waals surface area (Å²) in [6.07, 6.45) is 1.25. The Morgan fingerprint density at radius 2 is 0.850 bits per heavy atom. The highest BCUT2D eigenvalue weighted by Gasteiger charge is 2.35. The maximum atomic E-state index is 11.0. The zero-order chi connectivity index (χ0) is 29.4. The lowest BCUT2D eigenvalue weighted by Gasteiger charge is -2.35. The average Bonchev–Trinajstić information content (AvgIpc) is 2.94. The summed E-state index contributed by atoms with van der Waals surface area (Å²) < 4.78 is 10.8. The van der Waals surface area contributed by atoms with Crippen LogP contribution in [0.1, 0.15) is 63.9 Å². The molecule has 3 aromatic rings. The third-order valence-electron chi connectivity index (χ3n) is 7.66. The molecule has 1 atom stereocenters. The summed E-state index contributed by atoms with van der Waals surface area (Å²) in [6, 6.07) is 11.3. The third kappa shape index (κ3) is 6.27. The summed E-state index contributed by atoms with van der Waals surface area (Å²) in [5.74, 6) is 0.283. The monoisotopic (exact) mass is 554 g/mol. The van der Waals surface area contributed by atoms with Crippen LogP contribution in [0.25, 0.3) is 0 Å². The predicted molar refractivity (Wildman–Crippen MR) is 153 cm³/mol. The Bertz CT molecular complexity index is 1180. The van der Waals surface area contributed by atoms with E-state index in [1.807, 2.05) is 50.2 Å². The molecule has 0 bridgehead atoms. The molecular weight excluding hydrogens is 512 g/mol. The summed E-state index contributed by atoms with van der Waals surface area (Å²) in [5, 5.41) is 62.0. The van der Waals surface area contributed by atoms with Gasteiger partial charge in [0.1, 0.15) is 17.2 Å². The minimum absolute atomic E-state index is 0.0426. The van der Waals surface area contributed by atoms with Crippen molar-refractivity contribution in [3.63, 3.8) is 0 Å². The van der Waals surface area contributed by atoms with E-state index in [0.717, 1.165) is 22.3 Å². The van der Waals surface area contributed by atoms with Crippen LogP contribution in [0.15, 0.2) is 36.4 Å². The number of hydrogen-bond acceptors (Lipinski definition) is 8. The molecule has 3 aromatic carbocycles. The molecule has 40 heavy (non-hydrogen) atoms. The van der Waals surface area contributed by atoms with E-state index >= 15 is 0 Å². The van der Waals surface area contributed by atoms with E-state index in [-0.39, 0.29) is 69.5 Å². The summed E-state index contributed by atoms with van der Waals surface area (Å²) in [5.41, 5.74) is 5.12. The molecular formula is C32H42O8. The van der Waals surface area contributed by atoms with Crippen molar-refractivity contribution in [3.05, 3.63) is 86.5 Å². The Labute approximate surface area is 236 Å². The SMILES string of the molecule is CCc1cc(C(C)(c2cc(CCO)c(O)c(CCO)c2)c2cc(CCO)c(O)c(COC)c2)cc(COC)c1O. The Morgan fingerprint density at radius 3 is 1.18 bits per heavy atom. The van der Waals surface area contributed by atoms with Crippen LogP contribution in [0.2, 0.25) is 0 Å². The number of methoxy groups -OCH3 is 2. The number of aromatic hydroxyl groups is 3. The Hall–Kier alpha value is -3.14. The van der Waals surface area contributed by atoms with Gasteiger partial charge in [0.15, 0.2) is 0 Å². The molecule has 8 nitrogen and oxygen atoms in total. The summed E-state index contributed by atoms with van der Waals surface area (Å²) >= 11 is 0. The Morgan fingerprint density at radius 1 is 0.550 bits per heavy atom. The summed E-state index contributed by atoms with van der Waals surface area (Å²) in [7, 11) is 3.11. The number of phenols is 3. The van der Waals surface area contributed by atoms with Crippen molar-refractivity contribution >= 4 is 0 Å². The molecule has 6 N–H and O–H groups in total. The molecule has 0 radical (unpaired) electrons. The molecule has 0 amide bonds. The van der Waals surface area contributed by atoms with E-state index in [9.17, 15) is 30.6 Å². The lowest BCUT2D eigenvalue weighted by atomic mass is 9.68. The quantitative estimate of drug-likeness (QED) is 0.166. The number of aryl methyl sites for hydroxylation is 1. The van der Waals surface area contributed by atoms with Crippen LogP contribution in [0.5, 0.6) is 17.2 Å². The molecule has 0 saturated carbocycles. The van der Waals surface area contributed by atoms with E-state index in [0.29, 0.717) is 34.2 Å². The van der Waals surface area contributed by atoms with E-state index < -0.39 is 5.41 Å². The normalized spacial score (nSPS) is 13.0. The molecule has 218 valence electrons. The van der Waals surface area contributed by atoms with Crippen molar-refractivity contribution in [2.45, 2.75) is 58.2 Å². The standard InChI is InChI=1S/C32H42O8/c1-5-20-12-26(16-24(18-39-3)29(20)36)32(2,27-13-21(6-9-33)30(37)22(14-27)7-10-34)28-15-23(8-11-35)31(38)25(17-28)19-40-4/h12-17,33-38H,5-11,18-19H2,1-4H3. The van der Waals surface area contributed by atoms with Gasteiger partial charge in [0, 0.05) is 50.6 Å². The molecule has 1 unspecified atom stereocenters. The fourth-order valence-electron chi connectivity index (χ4n) is 5.38. The van der Waals surface area contributed by atoms with Crippen LogP contribution in [0.4, 0.5) is 0 Å². The average molecular weight is 555 g/mol. The number of aliphatic hydroxyl groups excluding tert-OH is 3. The van der Waals surface area contributed by atoms with Crippen LogP contribution >= 0.6 is 0 Å². The summed E-state index contributed by atoms with van der Waals surface area (Å²) in [4.78, 5) is 0. The van der Waals surface area contributed by atoms with Gasteiger partial charge in [-0.15, -0.1) is 0 Å². The fraction of sp³-hybridized carbons (Fsp3) is 0.438. The second-order valence-electron chi connectivity index (χ2n) is 10.2. The first kappa shape index (κ1) is 31.4. The minimum atomic E-state index is -0.900. The Kier molecular flexibility index (Phi) is 11.0. The van der Waals surface area contributed by atoms with Gasteiger partial charge in [-0.25, -0.2) is 0 Å². The van der Waals surface area contributed by atoms with E-state index in [4.69, 9.17) is 9.47 Å². The molecule has 0 aliphatic heterocycles. The number of ether oxygens (including phenoxy) is 2. The summed E-state index contributed by atoms with van der Waals surface area (Å²) in [6.45, 7) is 3.85. The van der Waals surface area contributed by atoms with E-state index in [1.165, 1.54) is 0 Å². The second kappa shape index (κ2) is 14.0. The van der Waals surface area contributed by atoms with Gasteiger partial charge < -0.3 is 40.1 Å². The molecule has 0 aliphatic carbocycles. The molecule has 3 rings (SSSR count). The van der Waals surface area contributed by atoms with Gasteiger partial charge in [-0.1, -0.05) is 31.2 Å². The first-order chi connectivity index (χ1) is 19.2. The van der Waals surface area contributed by atoms with Crippen LogP contribution in [-0.4, -0.2) is 64.7 Å².